The van der Waals surface area contributed by atoms with Crippen molar-refractivity contribution in [2.45, 2.75) is 43.9 Å². The van der Waals surface area contributed by atoms with Gasteiger partial charge in [-0.2, -0.15) is 0 Å². The van der Waals surface area contributed by atoms with E-state index in [4.69, 9.17) is 9.84 Å². The zero-order chi connectivity index (χ0) is 18.8. The number of amides is 1. The lowest BCUT2D eigenvalue weighted by Crippen LogP contribution is -2.51. The molecule has 2 rings (SSSR count). The first kappa shape index (κ1) is 19.4. The Morgan fingerprint density at radius 3 is 2.36 bits per heavy atom. The van der Waals surface area contributed by atoms with E-state index >= 15 is 0 Å². The Labute approximate surface area is 146 Å². The van der Waals surface area contributed by atoms with Crippen molar-refractivity contribution in [1.82, 2.24) is 9.62 Å². The monoisotopic (exact) mass is 370 g/mol. The number of carbonyl (C=O) groups excluding carboxylic acids is 1. The van der Waals surface area contributed by atoms with Crippen molar-refractivity contribution in [2.24, 2.45) is 0 Å². The first-order valence-corrected chi connectivity index (χ1v) is 9.38. The van der Waals surface area contributed by atoms with E-state index in [2.05, 4.69) is 4.72 Å². The first-order chi connectivity index (χ1) is 11.6. The van der Waals surface area contributed by atoms with Gasteiger partial charge >= 0.3 is 5.97 Å². The van der Waals surface area contributed by atoms with Gasteiger partial charge in [0.2, 0.25) is 10.0 Å². The van der Waals surface area contributed by atoms with Crippen LogP contribution in [0.3, 0.4) is 0 Å². The number of morpholine rings is 1. The Balaban J connectivity index is 2.16. The Bertz CT molecular complexity index is 744. The number of sulfonamides is 1. The van der Waals surface area contributed by atoms with Crippen LogP contribution in [0.4, 0.5) is 0 Å². The number of benzene rings is 1. The van der Waals surface area contributed by atoms with Crippen LogP contribution in [0, 0.1) is 0 Å². The molecule has 138 valence electrons. The van der Waals surface area contributed by atoms with Crippen molar-refractivity contribution in [3.8, 4) is 0 Å². The molecule has 0 aromatic heterocycles. The minimum atomic E-state index is -3.63. The average molecular weight is 370 g/mol. The van der Waals surface area contributed by atoms with E-state index < -0.39 is 28.2 Å². The number of nitrogens with zero attached hydrogens (tertiary/aromatic N) is 1. The molecule has 0 spiro atoms. The molecule has 0 bridgehead atoms. The minimum absolute atomic E-state index is 0.0482. The standard InChI is InChI=1S/C16H22N2O6S/c1-10(2)17-25(22,23)13-6-4-12(5-7-13)15(19)18-8-11(3)24-14(9-18)16(20)21/h4-7,10-11,14,17H,8-9H2,1-3H3,(H,20,21)/t11-,14?/m1/s1. The number of carbonyl (C=O) groups is 2. The van der Waals surface area contributed by atoms with Gasteiger partial charge in [-0.25, -0.2) is 17.9 Å². The van der Waals surface area contributed by atoms with Gasteiger partial charge in [0, 0.05) is 18.2 Å². The summed E-state index contributed by atoms with van der Waals surface area (Å²) in [7, 11) is -3.63. The molecule has 1 heterocycles. The SMILES string of the molecule is CC(C)NS(=O)(=O)c1ccc(C(=O)N2CC(C(=O)O)O[C@H](C)C2)cc1. The maximum absolute atomic E-state index is 12.6. The van der Waals surface area contributed by atoms with E-state index in [-0.39, 0.29) is 29.9 Å². The first-order valence-electron chi connectivity index (χ1n) is 7.90. The fourth-order valence-electron chi connectivity index (χ4n) is 2.59. The molecule has 0 saturated carbocycles. The van der Waals surface area contributed by atoms with Crippen molar-refractivity contribution in [3.05, 3.63) is 29.8 Å². The highest BCUT2D eigenvalue weighted by Crippen LogP contribution is 2.17. The quantitative estimate of drug-likeness (QED) is 0.788. The third-order valence-electron chi connectivity index (χ3n) is 3.63. The summed E-state index contributed by atoms with van der Waals surface area (Å²) in [6.45, 7) is 5.36. The summed E-state index contributed by atoms with van der Waals surface area (Å²) in [6, 6.07) is 5.32. The van der Waals surface area contributed by atoms with E-state index in [0.717, 1.165) is 0 Å². The molecule has 1 aliphatic rings. The van der Waals surface area contributed by atoms with Crippen LogP contribution in [0.5, 0.6) is 0 Å². The summed E-state index contributed by atoms with van der Waals surface area (Å²) in [4.78, 5) is 25.1. The topological polar surface area (TPSA) is 113 Å². The van der Waals surface area contributed by atoms with E-state index in [1.807, 2.05) is 0 Å². The summed E-state index contributed by atoms with van der Waals surface area (Å²) >= 11 is 0. The largest absolute Gasteiger partial charge is 0.479 e. The summed E-state index contributed by atoms with van der Waals surface area (Å²) in [5, 5.41) is 9.09. The average Bonchev–Trinajstić information content (AvgIpc) is 2.52. The number of rotatable bonds is 5. The molecular weight excluding hydrogens is 348 g/mol. The minimum Gasteiger partial charge on any atom is -0.479 e. The predicted octanol–water partition coefficient (Wildman–Crippen LogP) is 0.687. The van der Waals surface area contributed by atoms with Gasteiger partial charge in [-0.05, 0) is 45.0 Å². The molecule has 2 atom stereocenters. The van der Waals surface area contributed by atoms with Crippen LogP contribution in [0.25, 0.3) is 0 Å². The van der Waals surface area contributed by atoms with E-state index in [9.17, 15) is 18.0 Å². The van der Waals surface area contributed by atoms with Crippen molar-refractivity contribution < 1.29 is 27.9 Å². The molecule has 8 nitrogen and oxygen atoms in total. The second-order valence-corrected chi connectivity index (χ2v) is 8.00. The Morgan fingerprint density at radius 1 is 1.24 bits per heavy atom. The number of carboxylic acids is 1. The number of hydrogen-bond acceptors (Lipinski definition) is 5. The van der Waals surface area contributed by atoms with Crippen molar-refractivity contribution in [3.63, 3.8) is 0 Å². The van der Waals surface area contributed by atoms with Gasteiger partial charge in [-0.15, -0.1) is 0 Å². The lowest BCUT2D eigenvalue weighted by Gasteiger charge is -2.35. The van der Waals surface area contributed by atoms with Gasteiger partial charge in [0.15, 0.2) is 6.10 Å². The van der Waals surface area contributed by atoms with Crippen LogP contribution >= 0.6 is 0 Å². The van der Waals surface area contributed by atoms with E-state index in [0.29, 0.717) is 5.56 Å². The summed E-state index contributed by atoms with van der Waals surface area (Å²) in [5.41, 5.74) is 0.293. The number of hydrogen-bond donors (Lipinski definition) is 2. The van der Waals surface area contributed by atoms with Crippen LogP contribution in [0.15, 0.2) is 29.2 Å². The summed E-state index contributed by atoms with van der Waals surface area (Å²) in [6.07, 6.45) is -1.46. The normalized spacial score (nSPS) is 21.4. The highest BCUT2D eigenvalue weighted by molar-refractivity contribution is 7.89. The van der Waals surface area contributed by atoms with E-state index in [1.54, 1.807) is 20.8 Å². The second kappa shape index (κ2) is 7.51. The van der Waals surface area contributed by atoms with Gasteiger partial charge in [0.05, 0.1) is 17.5 Å². The molecular formula is C16H22N2O6S. The second-order valence-electron chi connectivity index (χ2n) is 6.28. The lowest BCUT2D eigenvalue weighted by molar-refractivity contribution is -0.160. The maximum Gasteiger partial charge on any atom is 0.334 e. The van der Waals surface area contributed by atoms with E-state index in [1.165, 1.54) is 29.2 Å². The molecule has 1 amide bonds. The van der Waals surface area contributed by atoms with Crippen LogP contribution in [0.1, 0.15) is 31.1 Å². The van der Waals surface area contributed by atoms with Crippen molar-refractivity contribution in [1.29, 1.82) is 0 Å². The Kier molecular flexibility index (Phi) is 5.81. The molecule has 1 aromatic carbocycles. The van der Waals surface area contributed by atoms with Crippen LogP contribution in [0.2, 0.25) is 0 Å². The number of ether oxygens (including phenoxy) is 1. The molecule has 0 radical (unpaired) electrons. The van der Waals surface area contributed by atoms with Crippen LogP contribution in [-0.2, 0) is 19.6 Å². The molecule has 0 aliphatic carbocycles. The molecule has 1 saturated heterocycles. The molecule has 25 heavy (non-hydrogen) atoms. The van der Waals surface area contributed by atoms with Crippen LogP contribution < -0.4 is 4.72 Å². The van der Waals surface area contributed by atoms with Gasteiger partial charge in [-0.1, -0.05) is 0 Å². The summed E-state index contributed by atoms with van der Waals surface area (Å²) in [5.74, 6) is -1.48. The zero-order valence-corrected chi connectivity index (χ0v) is 15.1. The third kappa shape index (κ3) is 4.77. The molecule has 1 unspecified atom stereocenters. The highest BCUT2D eigenvalue weighted by atomic mass is 32.2. The van der Waals surface area contributed by atoms with Gasteiger partial charge in [0.25, 0.3) is 5.91 Å². The molecule has 1 aromatic rings. The number of carboxylic acid groups (broad SMARTS) is 1. The molecule has 1 fully saturated rings. The van der Waals surface area contributed by atoms with Crippen LogP contribution in [-0.4, -0.2) is 61.6 Å². The lowest BCUT2D eigenvalue weighted by atomic mass is 10.1. The Hall–Kier alpha value is -1.97. The molecule has 9 heteroatoms. The molecule has 2 N–H and O–H groups in total. The van der Waals surface area contributed by atoms with Crippen molar-refractivity contribution in [2.75, 3.05) is 13.1 Å². The fraction of sp³-hybridized carbons (Fsp3) is 0.500. The number of nitrogens with one attached hydrogen (secondary N) is 1. The van der Waals surface area contributed by atoms with Gasteiger partial charge < -0.3 is 14.7 Å². The number of aliphatic carboxylic acids is 1. The highest BCUT2D eigenvalue weighted by Gasteiger charge is 2.33. The smallest absolute Gasteiger partial charge is 0.334 e. The Morgan fingerprint density at radius 2 is 1.84 bits per heavy atom. The molecule has 1 aliphatic heterocycles. The third-order valence-corrected chi connectivity index (χ3v) is 5.30. The van der Waals surface area contributed by atoms with Gasteiger partial charge in [0.1, 0.15) is 0 Å². The zero-order valence-electron chi connectivity index (χ0n) is 14.3. The predicted molar refractivity (Wildman–Crippen MR) is 89.8 cm³/mol. The van der Waals surface area contributed by atoms with Crippen molar-refractivity contribution >= 4 is 21.9 Å². The van der Waals surface area contributed by atoms with Gasteiger partial charge in [-0.3, -0.25) is 4.79 Å². The fourth-order valence-corrected chi connectivity index (χ4v) is 3.84. The summed E-state index contributed by atoms with van der Waals surface area (Å²) < 4.78 is 31.9. The maximum atomic E-state index is 12.6.